The molecule has 5 heteroatoms. The van der Waals surface area contributed by atoms with Crippen LogP contribution >= 0.6 is 11.6 Å². The molecule has 3 nitrogen and oxygen atoms in total. The molecule has 0 bridgehead atoms. The van der Waals surface area contributed by atoms with E-state index in [4.69, 9.17) is 11.6 Å². The Bertz CT molecular complexity index is 553. The van der Waals surface area contributed by atoms with E-state index in [1.54, 1.807) is 6.07 Å². The highest BCUT2D eigenvalue weighted by atomic mass is 35.5. The minimum atomic E-state index is -3.46. The van der Waals surface area contributed by atoms with Crippen LogP contribution in [0.15, 0.2) is 17.0 Å². The smallest absolute Gasteiger partial charge is 0.207 e. The predicted molar refractivity (Wildman–Crippen MR) is 80.2 cm³/mol. The second kappa shape index (κ2) is 6.25. The molecule has 0 heterocycles. The lowest BCUT2D eigenvalue weighted by Crippen LogP contribution is -2.37. The fourth-order valence-electron chi connectivity index (χ4n) is 2.18. The average molecular weight is 304 g/mol. The summed E-state index contributed by atoms with van der Waals surface area (Å²) in [6, 6.07) is 3.57. The van der Waals surface area contributed by atoms with E-state index < -0.39 is 10.0 Å². The van der Waals surface area contributed by atoms with Crippen molar-refractivity contribution in [3.63, 3.8) is 0 Å². The molecule has 0 amide bonds. The molecular formula is C14H22ClNO2S. The Labute approximate surface area is 121 Å². The lowest BCUT2D eigenvalue weighted by Gasteiger charge is -2.26. The van der Waals surface area contributed by atoms with Gasteiger partial charge in [0.25, 0.3) is 0 Å². The minimum absolute atomic E-state index is 0.0608. The van der Waals surface area contributed by atoms with Crippen LogP contribution in [0.5, 0.6) is 0 Å². The molecule has 1 aromatic carbocycles. The molecule has 0 aromatic heterocycles. The summed E-state index contributed by atoms with van der Waals surface area (Å²) in [4.78, 5) is 0.374. The zero-order valence-electron chi connectivity index (χ0n) is 12.2. The number of benzene rings is 1. The molecule has 0 unspecified atom stereocenters. The van der Waals surface area contributed by atoms with E-state index in [-0.39, 0.29) is 6.04 Å². The zero-order valence-corrected chi connectivity index (χ0v) is 13.8. The van der Waals surface area contributed by atoms with E-state index in [0.29, 0.717) is 17.3 Å². The van der Waals surface area contributed by atoms with Gasteiger partial charge in [-0.3, -0.25) is 0 Å². The molecule has 0 aliphatic heterocycles. The molecule has 0 radical (unpaired) electrons. The molecule has 0 atom stereocenters. The van der Waals surface area contributed by atoms with Gasteiger partial charge in [-0.1, -0.05) is 13.0 Å². The third-order valence-electron chi connectivity index (χ3n) is 3.31. The summed E-state index contributed by atoms with van der Waals surface area (Å²) in [6.07, 6.45) is 0. The van der Waals surface area contributed by atoms with Crippen molar-refractivity contribution in [3.05, 3.63) is 28.8 Å². The number of hydrogen-bond donors (Lipinski definition) is 0. The van der Waals surface area contributed by atoms with Crippen molar-refractivity contribution >= 4 is 21.6 Å². The van der Waals surface area contributed by atoms with Gasteiger partial charge in [-0.2, -0.15) is 4.31 Å². The minimum Gasteiger partial charge on any atom is -0.207 e. The molecule has 0 saturated heterocycles. The van der Waals surface area contributed by atoms with Gasteiger partial charge in [0.15, 0.2) is 0 Å². The van der Waals surface area contributed by atoms with Gasteiger partial charge < -0.3 is 0 Å². The van der Waals surface area contributed by atoms with Crippen LogP contribution in [0, 0.1) is 13.8 Å². The van der Waals surface area contributed by atoms with Crippen molar-refractivity contribution in [2.45, 2.75) is 51.4 Å². The molecular weight excluding hydrogens is 282 g/mol. The van der Waals surface area contributed by atoms with Crippen LogP contribution < -0.4 is 0 Å². The van der Waals surface area contributed by atoms with E-state index >= 15 is 0 Å². The highest BCUT2D eigenvalue weighted by molar-refractivity contribution is 7.89. The van der Waals surface area contributed by atoms with Crippen LogP contribution in [-0.4, -0.2) is 25.3 Å². The summed E-state index contributed by atoms with van der Waals surface area (Å²) in [5.74, 6) is 0.317. The maximum Gasteiger partial charge on any atom is 0.243 e. The standard InChI is InChI=1S/C14H22ClNO2S/c1-6-16(10(2)3)19(17,18)14-8-13(9-15)7-11(4)12(14)5/h7-8,10H,6,9H2,1-5H3. The summed E-state index contributed by atoms with van der Waals surface area (Å²) in [5, 5.41) is 0. The Morgan fingerprint density at radius 3 is 2.26 bits per heavy atom. The molecule has 0 saturated carbocycles. The summed E-state index contributed by atoms with van der Waals surface area (Å²) >= 11 is 5.84. The third kappa shape index (κ3) is 3.30. The number of nitrogens with zero attached hydrogens (tertiary/aromatic N) is 1. The van der Waals surface area contributed by atoms with Gasteiger partial charge in [-0.25, -0.2) is 8.42 Å². The maximum absolute atomic E-state index is 12.7. The molecule has 1 rings (SSSR count). The SMILES string of the molecule is CCN(C(C)C)S(=O)(=O)c1cc(CCl)cc(C)c1C. The summed E-state index contributed by atoms with van der Waals surface area (Å²) in [7, 11) is -3.46. The monoisotopic (exact) mass is 303 g/mol. The number of hydrogen-bond acceptors (Lipinski definition) is 2. The summed E-state index contributed by atoms with van der Waals surface area (Å²) in [6.45, 7) is 9.84. The average Bonchev–Trinajstić information content (AvgIpc) is 2.32. The first-order chi connectivity index (χ1) is 8.75. The van der Waals surface area contributed by atoms with Gasteiger partial charge in [-0.15, -0.1) is 11.6 Å². The van der Waals surface area contributed by atoms with Crippen LogP contribution in [0.1, 0.15) is 37.5 Å². The molecule has 0 spiro atoms. The number of alkyl halides is 1. The Morgan fingerprint density at radius 1 is 1.26 bits per heavy atom. The zero-order chi connectivity index (χ0) is 14.8. The van der Waals surface area contributed by atoms with Gasteiger partial charge in [0.1, 0.15) is 0 Å². The quantitative estimate of drug-likeness (QED) is 0.781. The van der Waals surface area contributed by atoms with Crippen LogP contribution in [0.25, 0.3) is 0 Å². The lowest BCUT2D eigenvalue weighted by atomic mass is 10.1. The van der Waals surface area contributed by atoms with Gasteiger partial charge in [-0.05, 0) is 50.5 Å². The Hall–Kier alpha value is -0.580. The number of halogens is 1. The molecule has 0 fully saturated rings. The van der Waals surface area contributed by atoms with Crippen molar-refractivity contribution in [1.29, 1.82) is 0 Å². The topological polar surface area (TPSA) is 37.4 Å². The number of sulfonamides is 1. The molecule has 0 aliphatic carbocycles. The van der Waals surface area contributed by atoms with Crippen molar-refractivity contribution in [2.75, 3.05) is 6.54 Å². The second-order valence-electron chi connectivity index (χ2n) is 4.97. The van der Waals surface area contributed by atoms with Gasteiger partial charge in [0.05, 0.1) is 4.90 Å². The molecule has 0 aliphatic rings. The molecule has 1 aromatic rings. The number of rotatable bonds is 5. The molecule has 19 heavy (non-hydrogen) atoms. The normalized spacial score (nSPS) is 12.4. The van der Waals surface area contributed by atoms with Gasteiger partial charge >= 0.3 is 0 Å². The lowest BCUT2D eigenvalue weighted by molar-refractivity contribution is 0.369. The maximum atomic E-state index is 12.7. The van der Waals surface area contributed by atoms with E-state index in [1.165, 1.54) is 4.31 Å². The predicted octanol–water partition coefficient (Wildman–Crippen LogP) is 3.46. The largest absolute Gasteiger partial charge is 0.243 e. The van der Waals surface area contributed by atoms with E-state index in [0.717, 1.165) is 16.7 Å². The van der Waals surface area contributed by atoms with Crippen LogP contribution in [0.2, 0.25) is 0 Å². The van der Waals surface area contributed by atoms with E-state index in [9.17, 15) is 8.42 Å². The Morgan fingerprint density at radius 2 is 1.84 bits per heavy atom. The Balaban J connectivity index is 3.47. The van der Waals surface area contributed by atoms with Crippen molar-refractivity contribution in [2.24, 2.45) is 0 Å². The summed E-state index contributed by atoms with van der Waals surface area (Å²) in [5.41, 5.74) is 2.59. The fraction of sp³-hybridized carbons (Fsp3) is 0.571. The molecule has 0 N–H and O–H groups in total. The highest BCUT2D eigenvalue weighted by Crippen LogP contribution is 2.26. The van der Waals surface area contributed by atoms with Gasteiger partial charge in [0.2, 0.25) is 10.0 Å². The van der Waals surface area contributed by atoms with Gasteiger partial charge in [0, 0.05) is 18.5 Å². The highest BCUT2D eigenvalue weighted by Gasteiger charge is 2.27. The van der Waals surface area contributed by atoms with Crippen LogP contribution in [-0.2, 0) is 15.9 Å². The fourth-order valence-corrected chi connectivity index (χ4v) is 4.33. The first kappa shape index (κ1) is 16.5. The van der Waals surface area contributed by atoms with Crippen molar-refractivity contribution in [1.82, 2.24) is 4.31 Å². The Kier molecular flexibility index (Phi) is 5.42. The van der Waals surface area contributed by atoms with E-state index in [1.807, 2.05) is 40.7 Å². The number of aryl methyl sites for hydroxylation is 1. The van der Waals surface area contributed by atoms with E-state index in [2.05, 4.69) is 0 Å². The molecule has 108 valence electrons. The first-order valence-electron chi connectivity index (χ1n) is 6.43. The van der Waals surface area contributed by atoms with Crippen molar-refractivity contribution < 1.29 is 8.42 Å². The van der Waals surface area contributed by atoms with Crippen molar-refractivity contribution in [3.8, 4) is 0 Å². The second-order valence-corrected chi connectivity index (χ2v) is 7.10. The van der Waals surface area contributed by atoms with Crippen LogP contribution in [0.4, 0.5) is 0 Å². The van der Waals surface area contributed by atoms with Crippen LogP contribution in [0.3, 0.4) is 0 Å². The summed E-state index contributed by atoms with van der Waals surface area (Å²) < 4.78 is 27.0. The first-order valence-corrected chi connectivity index (χ1v) is 8.41. The third-order valence-corrected chi connectivity index (χ3v) is 5.89.